The van der Waals surface area contributed by atoms with Crippen LogP contribution in [0.3, 0.4) is 0 Å². The first-order valence-corrected chi connectivity index (χ1v) is 6.42. The second-order valence-electron chi connectivity index (χ2n) is 4.20. The molecule has 108 valence electrons. The van der Waals surface area contributed by atoms with Crippen LogP contribution in [0.25, 0.3) is 0 Å². The molecule has 2 aromatic rings. The molecule has 0 aromatic heterocycles. The number of nitro groups is 1. The van der Waals surface area contributed by atoms with E-state index in [9.17, 15) is 14.9 Å². The third kappa shape index (κ3) is 3.49. The number of amides is 1. The monoisotopic (exact) mass is 305 g/mol. The summed E-state index contributed by atoms with van der Waals surface area (Å²) in [5.74, 6) is -0.439. The van der Waals surface area contributed by atoms with Crippen LogP contribution in [0.15, 0.2) is 42.5 Å². The van der Waals surface area contributed by atoms with E-state index in [0.717, 1.165) is 0 Å². The van der Waals surface area contributed by atoms with Crippen LogP contribution >= 0.6 is 11.6 Å². The van der Waals surface area contributed by atoms with Crippen LogP contribution in [-0.4, -0.2) is 17.9 Å². The van der Waals surface area contributed by atoms with Gasteiger partial charge in [-0.3, -0.25) is 14.9 Å². The van der Waals surface area contributed by atoms with Crippen molar-refractivity contribution in [2.45, 2.75) is 0 Å². The Hall–Kier alpha value is -2.60. The van der Waals surface area contributed by atoms with Gasteiger partial charge in [-0.2, -0.15) is 0 Å². The number of non-ortho nitro benzene ring substituents is 1. The zero-order valence-electron chi connectivity index (χ0n) is 11.1. The van der Waals surface area contributed by atoms with E-state index in [1.807, 2.05) is 0 Å². The van der Waals surface area contributed by atoms with Crippen molar-refractivity contribution in [3.8, 4) is 0 Å². The number of carbonyl (C=O) groups is 1. The lowest BCUT2D eigenvalue weighted by atomic mass is 10.1. The average Bonchev–Trinajstić information content (AvgIpc) is 2.48. The maximum absolute atomic E-state index is 12.2. The Bertz CT molecular complexity index is 686. The lowest BCUT2D eigenvalue weighted by molar-refractivity contribution is -0.384. The third-order valence-corrected chi connectivity index (χ3v) is 3.08. The second-order valence-corrected chi connectivity index (χ2v) is 4.63. The molecule has 0 saturated carbocycles. The van der Waals surface area contributed by atoms with Gasteiger partial charge in [0.05, 0.1) is 10.5 Å². The molecule has 0 fully saturated rings. The molecule has 0 spiro atoms. The zero-order chi connectivity index (χ0) is 15.4. The van der Waals surface area contributed by atoms with Gasteiger partial charge in [0, 0.05) is 35.6 Å². The van der Waals surface area contributed by atoms with Gasteiger partial charge in [-0.05, 0) is 30.3 Å². The standard InChI is InChI=1S/C14H12ClN3O3/c1-16-13-7-6-11(18(20)21)8-12(13)14(19)17-10-4-2-9(15)3-5-10/h2-8,16H,1H3,(H,17,19). The summed E-state index contributed by atoms with van der Waals surface area (Å²) in [6.07, 6.45) is 0. The van der Waals surface area contributed by atoms with Crippen molar-refractivity contribution in [3.05, 3.63) is 63.2 Å². The van der Waals surface area contributed by atoms with Crippen molar-refractivity contribution in [1.82, 2.24) is 0 Å². The van der Waals surface area contributed by atoms with Gasteiger partial charge in [0.15, 0.2) is 0 Å². The molecule has 0 radical (unpaired) electrons. The lowest BCUT2D eigenvalue weighted by Crippen LogP contribution is -2.14. The number of halogens is 1. The number of carbonyl (C=O) groups excluding carboxylic acids is 1. The molecule has 0 aliphatic carbocycles. The summed E-state index contributed by atoms with van der Waals surface area (Å²) in [5.41, 5.74) is 1.11. The molecular weight excluding hydrogens is 294 g/mol. The number of nitro benzene ring substituents is 1. The number of anilines is 2. The minimum absolute atomic E-state index is 0.143. The predicted molar refractivity (Wildman–Crippen MR) is 82.0 cm³/mol. The van der Waals surface area contributed by atoms with E-state index in [0.29, 0.717) is 16.4 Å². The van der Waals surface area contributed by atoms with Gasteiger partial charge in [-0.15, -0.1) is 0 Å². The largest absolute Gasteiger partial charge is 0.387 e. The van der Waals surface area contributed by atoms with E-state index >= 15 is 0 Å². The van der Waals surface area contributed by atoms with Crippen LogP contribution in [0.4, 0.5) is 17.1 Å². The molecule has 6 nitrogen and oxygen atoms in total. The fourth-order valence-electron chi connectivity index (χ4n) is 1.78. The summed E-state index contributed by atoms with van der Waals surface area (Å²) in [4.78, 5) is 22.5. The van der Waals surface area contributed by atoms with Crippen molar-refractivity contribution in [3.63, 3.8) is 0 Å². The summed E-state index contributed by atoms with van der Waals surface area (Å²) in [6, 6.07) is 10.7. The molecule has 2 rings (SSSR count). The fraction of sp³-hybridized carbons (Fsp3) is 0.0714. The van der Waals surface area contributed by atoms with Crippen LogP contribution in [0.5, 0.6) is 0 Å². The first-order chi connectivity index (χ1) is 10.0. The Morgan fingerprint density at radius 3 is 2.43 bits per heavy atom. The zero-order valence-corrected chi connectivity index (χ0v) is 11.8. The van der Waals surface area contributed by atoms with Crippen LogP contribution < -0.4 is 10.6 Å². The quantitative estimate of drug-likeness (QED) is 0.668. The number of hydrogen-bond acceptors (Lipinski definition) is 4. The third-order valence-electron chi connectivity index (χ3n) is 2.83. The number of hydrogen-bond donors (Lipinski definition) is 2. The Kier molecular flexibility index (Phi) is 4.39. The van der Waals surface area contributed by atoms with Gasteiger partial charge in [-0.25, -0.2) is 0 Å². The molecular formula is C14H12ClN3O3. The number of nitrogens with zero attached hydrogens (tertiary/aromatic N) is 1. The van der Waals surface area contributed by atoms with E-state index in [4.69, 9.17) is 11.6 Å². The van der Waals surface area contributed by atoms with E-state index in [1.165, 1.54) is 18.2 Å². The average molecular weight is 306 g/mol. The van der Waals surface area contributed by atoms with Crippen LogP contribution in [0.1, 0.15) is 10.4 Å². The summed E-state index contributed by atoms with van der Waals surface area (Å²) in [7, 11) is 1.64. The van der Waals surface area contributed by atoms with Gasteiger partial charge in [0.25, 0.3) is 11.6 Å². The lowest BCUT2D eigenvalue weighted by Gasteiger charge is -2.10. The number of rotatable bonds is 4. The van der Waals surface area contributed by atoms with Crippen molar-refractivity contribution in [1.29, 1.82) is 0 Å². The predicted octanol–water partition coefficient (Wildman–Crippen LogP) is 3.54. The first kappa shape index (κ1) is 14.8. The van der Waals surface area contributed by atoms with Gasteiger partial charge in [0.2, 0.25) is 0 Å². The molecule has 2 aromatic carbocycles. The highest BCUT2D eigenvalue weighted by Gasteiger charge is 2.16. The van der Waals surface area contributed by atoms with Gasteiger partial charge in [-0.1, -0.05) is 11.6 Å². The molecule has 0 aliphatic rings. The van der Waals surface area contributed by atoms with E-state index in [1.54, 1.807) is 31.3 Å². The maximum atomic E-state index is 12.2. The van der Waals surface area contributed by atoms with E-state index in [2.05, 4.69) is 10.6 Å². The molecule has 7 heteroatoms. The van der Waals surface area contributed by atoms with Gasteiger partial charge < -0.3 is 10.6 Å². The Morgan fingerprint density at radius 1 is 1.19 bits per heavy atom. The van der Waals surface area contributed by atoms with Crippen molar-refractivity contribution in [2.75, 3.05) is 17.7 Å². The highest BCUT2D eigenvalue weighted by Crippen LogP contribution is 2.23. The molecule has 0 heterocycles. The van der Waals surface area contributed by atoms with Crippen molar-refractivity contribution >= 4 is 34.6 Å². The smallest absolute Gasteiger partial charge is 0.270 e. The SMILES string of the molecule is CNc1ccc([N+](=O)[O-])cc1C(=O)Nc1ccc(Cl)cc1. The molecule has 0 bridgehead atoms. The first-order valence-electron chi connectivity index (χ1n) is 6.04. The second kappa shape index (κ2) is 6.23. The Labute approximate surface area is 125 Å². The van der Waals surface area contributed by atoms with Crippen molar-refractivity contribution in [2.24, 2.45) is 0 Å². The topological polar surface area (TPSA) is 84.3 Å². The molecule has 1 amide bonds. The highest BCUT2D eigenvalue weighted by atomic mass is 35.5. The molecule has 0 atom stereocenters. The molecule has 0 aliphatic heterocycles. The summed E-state index contributed by atoms with van der Waals surface area (Å²) >= 11 is 5.77. The number of nitrogens with one attached hydrogen (secondary N) is 2. The maximum Gasteiger partial charge on any atom is 0.270 e. The summed E-state index contributed by atoms with van der Waals surface area (Å²) in [5, 5.41) is 16.9. The van der Waals surface area contributed by atoms with Crippen LogP contribution in [0.2, 0.25) is 5.02 Å². The molecule has 21 heavy (non-hydrogen) atoms. The fourth-order valence-corrected chi connectivity index (χ4v) is 1.91. The van der Waals surface area contributed by atoms with Crippen molar-refractivity contribution < 1.29 is 9.72 Å². The minimum Gasteiger partial charge on any atom is -0.387 e. The minimum atomic E-state index is -0.543. The molecule has 0 unspecified atom stereocenters. The highest BCUT2D eigenvalue weighted by molar-refractivity contribution is 6.30. The van der Waals surface area contributed by atoms with E-state index < -0.39 is 10.8 Å². The van der Waals surface area contributed by atoms with Gasteiger partial charge in [0.1, 0.15) is 0 Å². The molecule has 2 N–H and O–H groups in total. The normalized spacial score (nSPS) is 10.0. The Balaban J connectivity index is 2.30. The van der Waals surface area contributed by atoms with Crippen LogP contribution in [0, 0.1) is 10.1 Å². The summed E-state index contributed by atoms with van der Waals surface area (Å²) < 4.78 is 0. The summed E-state index contributed by atoms with van der Waals surface area (Å²) in [6.45, 7) is 0. The Morgan fingerprint density at radius 2 is 1.86 bits per heavy atom. The molecule has 0 saturated heterocycles. The van der Waals surface area contributed by atoms with E-state index in [-0.39, 0.29) is 11.3 Å². The van der Waals surface area contributed by atoms with Crippen LogP contribution in [-0.2, 0) is 0 Å². The van der Waals surface area contributed by atoms with Gasteiger partial charge >= 0.3 is 0 Å². The number of benzene rings is 2.